The summed E-state index contributed by atoms with van der Waals surface area (Å²) in [6.45, 7) is 18.0. The quantitative estimate of drug-likeness (QED) is 0.0663. The molecule has 23 heteroatoms. The van der Waals surface area contributed by atoms with Crippen molar-refractivity contribution in [1.29, 1.82) is 5.26 Å². The van der Waals surface area contributed by atoms with E-state index in [2.05, 4.69) is 61.5 Å². The van der Waals surface area contributed by atoms with Crippen LogP contribution in [-0.2, 0) is 32.4 Å². The van der Waals surface area contributed by atoms with Crippen molar-refractivity contribution in [1.82, 2.24) is 34.0 Å². The summed E-state index contributed by atoms with van der Waals surface area (Å²) in [4.78, 5) is 115. The maximum absolute atomic E-state index is 11.9. The average Bonchev–Trinajstić information content (AvgIpc) is 4.14. The first kappa shape index (κ1) is 61.4. The van der Waals surface area contributed by atoms with Gasteiger partial charge in [0.15, 0.2) is 0 Å². The predicted octanol–water partition coefficient (Wildman–Crippen LogP) is -1.36. The van der Waals surface area contributed by atoms with Gasteiger partial charge in [-0.15, -0.1) is 0 Å². The maximum Gasteiger partial charge on any atom is 1.00 e. The third kappa shape index (κ3) is 17.6. The minimum absolute atomic E-state index is 0. The first-order chi connectivity index (χ1) is 32.5. The number of alkyl halides is 1. The molecule has 9 rings (SSSR count). The molecule has 3 saturated carbocycles. The molecule has 0 amide bonds. The first-order valence-corrected chi connectivity index (χ1v) is 24.1. The van der Waals surface area contributed by atoms with Gasteiger partial charge in [-0.2, -0.15) is 5.26 Å². The van der Waals surface area contributed by atoms with Crippen LogP contribution in [0.5, 0.6) is 0 Å². The van der Waals surface area contributed by atoms with Crippen molar-refractivity contribution in [3.63, 3.8) is 0 Å². The number of aromatic amines is 4. The molecule has 3 fully saturated rings. The summed E-state index contributed by atoms with van der Waals surface area (Å²) >= 11 is 3.38. The Balaban J connectivity index is 0.000000312. The van der Waals surface area contributed by atoms with Crippen molar-refractivity contribution < 1.29 is 66.8 Å². The van der Waals surface area contributed by atoms with Gasteiger partial charge < -0.3 is 42.1 Å². The molecule has 0 radical (unpaired) electrons. The van der Waals surface area contributed by atoms with Crippen LogP contribution >= 0.6 is 15.9 Å². The van der Waals surface area contributed by atoms with Gasteiger partial charge in [0.05, 0.1) is 6.07 Å². The number of H-pyrrole nitrogens is 4. The molecule has 0 atom stereocenters. The van der Waals surface area contributed by atoms with Crippen molar-refractivity contribution >= 4 is 49.2 Å². The van der Waals surface area contributed by atoms with Gasteiger partial charge in [-0.25, -0.2) is 28.8 Å². The molecule has 70 heavy (non-hydrogen) atoms. The molecule has 3 aliphatic rings. The van der Waals surface area contributed by atoms with Crippen molar-refractivity contribution in [3.8, 4) is 6.07 Å². The Hall–Kier alpha value is -4.67. The molecule has 0 bridgehead atoms. The third-order valence-electron chi connectivity index (χ3n) is 11.3. The molecule has 376 valence electrons. The fourth-order valence-electron chi connectivity index (χ4n) is 6.97. The summed E-state index contributed by atoms with van der Waals surface area (Å²) < 4.78 is 17.7. The minimum Gasteiger partial charge on any atom is -1.00 e. The van der Waals surface area contributed by atoms with Crippen LogP contribution < -0.4 is 104 Å². The number of nitrogens with zero attached hydrogens (tertiary/aromatic N) is 4. The summed E-state index contributed by atoms with van der Waals surface area (Å²) in [5, 5.41) is 9.38. The Kier molecular flexibility index (Phi) is 26.0. The van der Waals surface area contributed by atoms with Crippen LogP contribution in [0.4, 0.5) is 0 Å². The summed E-state index contributed by atoms with van der Waals surface area (Å²) in [6.07, 6.45) is 8.75. The summed E-state index contributed by atoms with van der Waals surface area (Å²) in [6, 6.07) is 5.61. The zero-order valence-electron chi connectivity index (χ0n) is 41.0. The number of nitriles is 1. The Morgan fingerprint density at radius 2 is 0.929 bits per heavy atom. The van der Waals surface area contributed by atoms with Crippen LogP contribution in [0.2, 0.25) is 0 Å². The second kappa shape index (κ2) is 29.6. The molecule has 6 aromatic rings. The molecule has 6 aromatic heterocycles. The number of aromatic nitrogens is 6. The number of halogens is 2. The third-order valence-corrected chi connectivity index (χ3v) is 12.2. The van der Waals surface area contributed by atoms with Crippen LogP contribution in [-0.4, -0.2) is 58.9 Å². The average molecular weight is 1160 g/mol. The maximum atomic E-state index is 11.9. The van der Waals surface area contributed by atoms with Gasteiger partial charge in [0.1, 0.15) is 16.2 Å². The Morgan fingerprint density at radius 3 is 1.23 bits per heavy atom. The number of hydrogen-bond acceptors (Lipinski definition) is 14. The molecular weight excluding hydrogens is 1100 g/mol. The molecule has 4 N–H and O–H groups in total. The van der Waals surface area contributed by atoms with Crippen LogP contribution in [0.25, 0.3) is 33.3 Å². The van der Waals surface area contributed by atoms with E-state index in [-0.39, 0.29) is 76.1 Å². The molecule has 0 unspecified atom stereocenters. The molecule has 0 aromatic carbocycles. The Labute approximate surface area is 448 Å². The number of rotatable bonds is 11. The van der Waals surface area contributed by atoms with Gasteiger partial charge in [0, 0.05) is 43.5 Å². The largest absolute Gasteiger partial charge is 1.00 e. The van der Waals surface area contributed by atoms with E-state index in [0.29, 0.717) is 71.7 Å². The van der Waals surface area contributed by atoms with Crippen LogP contribution in [0.15, 0.2) is 74.6 Å². The van der Waals surface area contributed by atoms with E-state index in [1.807, 2.05) is 13.8 Å². The van der Waals surface area contributed by atoms with Crippen LogP contribution in [0, 0.1) is 29.1 Å². The zero-order valence-corrected chi connectivity index (χ0v) is 46.8. The zero-order chi connectivity index (χ0) is 50.2. The van der Waals surface area contributed by atoms with Crippen molar-refractivity contribution in [2.45, 2.75) is 119 Å². The van der Waals surface area contributed by atoms with E-state index >= 15 is 0 Å². The molecule has 0 aliphatic heterocycles. The van der Waals surface area contributed by atoms with E-state index in [4.69, 9.17) is 18.5 Å². The molecular formula is C47H61BrIN8NaO12. The van der Waals surface area contributed by atoms with E-state index < -0.39 is 50.6 Å². The van der Waals surface area contributed by atoms with Crippen molar-refractivity contribution in [3.05, 3.63) is 129 Å². The van der Waals surface area contributed by atoms with E-state index in [9.17, 15) is 43.2 Å². The fraction of sp³-hybridized carbons (Fsp3) is 0.532. The molecule has 6 heterocycles. The summed E-state index contributed by atoms with van der Waals surface area (Å²) in [7, 11) is 0. The van der Waals surface area contributed by atoms with Gasteiger partial charge >= 0.3 is 63.5 Å². The number of aryl methyl sites for hydroxylation is 3. The van der Waals surface area contributed by atoms with Gasteiger partial charge in [-0.1, -0.05) is 57.5 Å². The van der Waals surface area contributed by atoms with E-state index in [1.54, 1.807) is 13.0 Å². The standard InChI is InChI=1S/2C13H14N2O4.C9H8N2O4.C6H15N.C4H7Br.C2H3N.HI.Na/c2*1-2-8-5-9(16)19-12-10(8)11(17)14-13(18)15(12)6-7-3-4-7;1-2-4-3-5(12)15-8-6(4)7(13)10-9(14)11-8;1-4-7(5-2)6-3;5-3-4-1-2-4;1-2-3;;/h2*5,7H,2-4,6H2,1H3,(H,14,17,18);3H,2H2,1H3,(H2,10,11,13,14);4-6H2,1-3H3;4H,1-3H2;1H3;1H;/q;;;;;;;+1/p-1. The predicted molar refractivity (Wildman–Crippen MR) is 263 cm³/mol. The number of nitrogens with one attached hydrogen (secondary N) is 4. The van der Waals surface area contributed by atoms with Gasteiger partial charge in [-0.05, 0) is 112 Å². The van der Waals surface area contributed by atoms with E-state index in [1.165, 1.54) is 72.1 Å². The molecule has 0 saturated heterocycles. The minimum atomic E-state index is -0.691. The molecule has 20 nitrogen and oxygen atoms in total. The number of hydrogen-bond donors (Lipinski definition) is 4. The summed E-state index contributed by atoms with van der Waals surface area (Å²) in [5.41, 5.74) is -2.99. The van der Waals surface area contributed by atoms with Gasteiger partial charge in [0.2, 0.25) is 17.1 Å². The Bertz CT molecular complexity index is 3120. The normalized spacial score (nSPS) is 13.3. The summed E-state index contributed by atoms with van der Waals surface area (Å²) in [5.74, 6) is 1.92. The van der Waals surface area contributed by atoms with Gasteiger partial charge in [-0.3, -0.25) is 43.5 Å². The van der Waals surface area contributed by atoms with Crippen LogP contribution in [0.1, 0.15) is 104 Å². The molecule has 0 spiro atoms. The monoisotopic (exact) mass is 1160 g/mol. The second-order valence-corrected chi connectivity index (χ2v) is 17.0. The van der Waals surface area contributed by atoms with Crippen molar-refractivity contribution in [2.24, 2.45) is 17.8 Å². The second-order valence-electron chi connectivity index (χ2n) is 16.4. The topological polar surface area (TPSA) is 293 Å². The first-order valence-electron chi connectivity index (χ1n) is 23.0. The fourth-order valence-corrected chi connectivity index (χ4v) is 7.61. The van der Waals surface area contributed by atoms with Gasteiger partial charge in [0.25, 0.3) is 16.7 Å². The SMILES string of the molecule is BrCC1CC1.CC#N.CCN(CC)CC.CCc1cc(=O)oc2[nH]c(=O)[nH]c(=O)c12.CCc1cc(=O)oc2c1c(=O)[nH]c(=O)n2CC1CC1.CCc1cc(=O)oc2c1c(=O)[nH]c(=O)n2CC1CC1.[I-].[Na+]. The Morgan fingerprint density at radius 1 is 0.586 bits per heavy atom. The smallest absolute Gasteiger partial charge is 1.00 e. The van der Waals surface area contributed by atoms with Crippen LogP contribution in [0.3, 0.4) is 0 Å². The van der Waals surface area contributed by atoms with Crippen molar-refractivity contribution in [2.75, 3.05) is 25.0 Å². The molecule has 3 aliphatic carbocycles. The van der Waals surface area contributed by atoms with E-state index in [0.717, 1.165) is 31.6 Å². The number of fused-ring (bicyclic) bond motifs is 3.